The quantitative estimate of drug-likeness (QED) is 0.392. The highest BCUT2D eigenvalue weighted by atomic mass is 79.9. The lowest BCUT2D eigenvalue weighted by molar-refractivity contribution is -0.697. The van der Waals surface area contributed by atoms with E-state index >= 15 is 0 Å². The van der Waals surface area contributed by atoms with E-state index in [2.05, 4.69) is 53.1 Å². The summed E-state index contributed by atoms with van der Waals surface area (Å²) in [6.07, 6.45) is 22.0. The van der Waals surface area contributed by atoms with E-state index < -0.39 is 0 Å². The molecule has 138 valence electrons. The average molecular weight is 405 g/mol. The van der Waals surface area contributed by atoms with Crippen LogP contribution < -0.4 is 21.5 Å². The zero-order chi connectivity index (χ0) is 16.9. The second-order valence-corrected chi connectivity index (χ2v) is 6.74. The summed E-state index contributed by atoms with van der Waals surface area (Å²) in [7, 11) is 0. The molecule has 0 aliphatic heterocycles. The van der Waals surface area contributed by atoms with Crippen molar-refractivity contribution >= 4 is 0 Å². The zero-order valence-electron chi connectivity index (χ0n) is 15.7. The Labute approximate surface area is 164 Å². The highest BCUT2D eigenvalue weighted by Gasteiger charge is 2.02. The van der Waals surface area contributed by atoms with E-state index in [-0.39, 0.29) is 17.0 Å². The lowest BCUT2D eigenvalue weighted by Crippen LogP contribution is -3.00. The lowest BCUT2D eigenvalue weighted by Gasteiger charge is -2.02. The summed E-state index contributed by atoms with van der Waals surface area (Å²) in [5, 5.41) is 0. The third kappa shape index (κ3) is 9.15. The fourth-order valence-corrected chi connectivity index (χ4v) is 3.13. The summed E-state index contributed by atoms with van der Waals surface area (Å²) in [6.45, 7) is 3.41. The number of hydrogen-bond donors (Lipinski definition) is 0. The van der Waals surface area contributed by atoms with Crippen LogP contribution >= 0.6 is 0 Å². The van der Waals surface area contributed by atoms with E-state index in [9.17, 15) is 0 Å². The fourth-order valence-electron chi connectivity index (χ4n) is 3.13. The highest BCUT2D eigenvalue weighted by molar-refractivity contribution is 5.61. The third-order valence-electron chi connectivity index (χ3n) is 4.67. The topological polar surface area (TPSA) is 16.8 Å². The van der Waals surface area contributed by atoms with Gasteiger partial charge in [-0.05, 0) is 29.7 Å². The fraction of sp³-hybridized carbons (Fsp3) is 0.545. The van der Waals surface area contributed by atoms with Gasteiger partial charge in [-0.3, -0.25) is 4.98 Å². The molecule has 0 atom stereocenters. The number of rotatable bonds is 12. The Hall–Kier alpha value is -1.22. The minimum absolute atomic E-state index is 0. The number of nitrogens with zero attached hydrogens (tertiary/aromatic N) is 2. The maximum absolute atomic E-state index is 4.07. The van der Waals surface area contributed by atoms with Crippen LogP contribution in [0.1, 0.15) is 71.1 Å². The summed E-state index contributed by atoms with van der Waals surface area (Å²) in [6, 6.07) is 8.52. The van der Waals surface area contributed by atoms with Gasteiger partial charge >= 0.3 is 0 Å². The van der Waals surface area contributed by atoms with Crippen LogP contribution in [0.5, 0.6) is 0 Å². The molecule has 0 saturated heterocycles. The van der Waals surface area contributed by atoms with Crippen molar-refractivity contribution in [2.24, 2.45) is 0 Å². The molecular weight excluding hydrogens is 372 g/mol. The average Bonchev–Trinajstić information content (AvgIpc) is 2.64. The SMILES string of the molecule is CCCCCCCCCCCC[n+]1ccc(-c2ccncc2)cc1.[Br-]. The standard InChI is InChI=1S/C22H33N2.BrH/c1-2-3-4-5-6-7-8-9-10-11-18-24-19-14-22(15-20-24)21-12-16-23-17-13-21;/h12-17,19-20H,2-11,18H2,1H3;1H/q+1;/p-1. The number of unbranched alkanes of at least 4 members (excludes halogenated alkanes) is 9. The molecule has 3 heteroatoms. The van der Waals surface area contributed by atoms with Crippen molar-refractivity contribution in [1.82, 2.24) is 4.98 Å². The molecule has 0 aliphatic rings. The molecule has 25 heavy (non-hydrogen) atoms. The zero-order valence-corrected chi connectivity index (χ0v) is 17.3. The van der Waals surface area contributed by atoms with Gasteiger partial charge in [-0.25, -0.2) is 4.57 Å². The van der Waals surface area contributed by atoms with Crippen molar-refractivity contribution < 1.29 is 21.5 Å². The smallest absolute Gasteiger partial charge is 0.169 e. The molecule has 2 rings (SSSR count). The Morgan fingerprint density at radius 3 is 1.72 bits per heavy atom. The molecule has 0 N–H and O–H groups in total. The Morgan fingerprint density at radius 2 is 1.16 bits per heavy atom. The molecule has 2 nitrogen and oxygen atoms in total. The van der Waals surface area contributed by atoms with Gasteiger partial charge < -0.3 is 17.0 Å². The van der Waals surface area contributed by atoms with Crippen LogP contribution in [-0.4, -0.2) is 4.98 Å². The van der Waals surface area contributed by atoms with Gasteiger partial charge in [0.2, 0.25) is 0 Å². The van der Waals surface area contributed by atoms with Crippen LogP contribution in [0.2, 0.25) is 0 Å². The molecule has 0 fully saturated rings. The van der Waals surface area contributed by atoms with Gasteiger partial charge in [0.25, 0.3) is 0 Å². The molecule has 0 aliphatic carbocycles. The Kier molecular flexibility index (Phi) is 12.2. The molecule has 2 aromatic rings. The van der Waals surface area contributed by atoms with Gasteiger partial charge in [-0.1, -0.05) is 58.3 Å². The molecule has 0 amide bonds. The number of pyridine rings is 2. The molecule has 0 saturated carbocycles. The molecule has 0 unspecified atom stereocenters. The predicted molar refractivity (Wildman–Crippen MR) is 102 cm³/mol. The summed E-state index contributed by atoms with van der Waals surface area (Å²) in [5.41, 5.74) is 2.49. The minimum atomic E-state index is 0. The summed E-state index contributed by atoms with van der Waals surface area (Å²) >= 11 is 0. The van der Waals surface area contributed by atoms with Crippen molar-refractivity contribution in [3.63, 3.8) is 0 Å². The molecule has 0 radical (unpaired) electrons. The number of hydrogen-bond acceptors (Lipinski definition) is 1. The van der Waals surface area contributed by atoms with E-state index in [0.29, 0.717) is 0 Å². The summed E-state index contributed by atoms with van der Waals surface area (Å²) < 4.78 is 2.30. The Bertz CT molecular complexity index is 540. The normalized spacial score (nSPS) is 10.4. The van der Waals surface area contributed by atoms with E-state index in [0.717, 1.165) is 6.54 Å². The van der Waals surface area contributed by atoms with Crippen LogP contribution in [0.4, 0.5) is 0 Å². The van der Waals surface area contributed by atoms with E-state index in [4.69, 9.17) is 0 Å². The van der Waals surface area contributed by atoms with Crippen LogP contribution in [0.25, 0.3) is 11.1 Å². The molecule has 0 aromatic carbocycles. The van der Waals surface area contributed by atoms with Gasteiger partial charge in [0.1, 0.15) is 6.54 Å². The van der Waals surface area contributed by atoms with E-state index in [1.165, 1.54) is 75.3 Å². The first-order chi connectivity index (χ1) is 11.9. The summed E-state index contributed by atoms with van der Waals surface area (Å²) in [5.74, 6) is 0. The van der Waals surface area contributed by atoms with Gasteiger partial charge in [0.15, 0.2) is 12.4 Å². The van der Waals surface area contributed by atoms with Gasteiger partial charge in [-0.15, -0.1) is 0 Å². The molecule has 0 spiro atoms. The van der Waals surface area contributed by atoms with Gasteiger partial charge in [0, 0.05) is 30.9 Å². The van der Waals surface area contributed by atoms with Crippen molar-refractivity contribution in [2.45, 2.75) is 77.7 Å². The number of aromatic nitrogens is 2. The minimum Gasteiger partial charge on any atom is -1.00 e. The highest BCUT2D eigenvalue weighted by Crippen LogP contribution is 2.16. The van der Waals surface area contributed by atoms with Crippen LogP contribution in [-0.2, 0) is 6.54 Å². The predicted octanol–water partition coefficient (Wildman–Crippen LogP) is 2.96. The maximum atomic E-state index is 4.07. The second-order valence-electron chi connectivity index (χ2n) is 6.74. The number of halogens is 1. The Morgan fingerprint density at radius 1 is 0.680 bits per heavy atom. The van der Waals surface area contributed by atoms with Crippen molar-refractivity contribution in [3.8, 4) is 11.1 Å². The Balaban J connectivity index is 0.00000312. The third-order valence-corrected chi connectivity index (χ3v) is 4.67. The molecule has 2 aromatic heterocycles. The lowest BCUT2D eigenvalue weighted by atomic mass is 10.1. The first-order valence-corrected chi connectivity index (χ1v) is 9.79. The largest absolute Gasteiger partial charge is 1.00 e. The first-order valence-electron chi connectivity index (χ1n) is 9.79. The summed E-state index contributed by atoms with van der Waals surface area (Å²) in [4.78, 5) is 4.07. The van der Waals surface area contributed by atoms with Crippen LogP contribution in [0.3, 0.4) is 0 Å². The van der Waals surface area contributed by atoms with Crippen LogP contribution in [0, 0.1) is 0 Å². The van der Waals surface area contributed by atoms with E-state index in [1.807, 2.05) is 12.4 Å². The second kappa shape index (κ2) is 14.0. The first kappa shape index (κ1) is 21.8. The molecule has 2 heterocycles. The van der Waals surface area contributed by atoms with Crippen molar-refractivity contribution in [2.75, 3.05) is 0 Å². The maximum Gasteiger partial charge on any atom is 0.169 e. The molecular formula is C22H33BrN2. The van der Waals surface area contributed by atoms with Gasteiger partial charge in [-0.2, -0.15) is 0 Å². The van der Waals surface area contributed by atoms with E-state index in [1.54, 1.807) is 0 Å². The number of aryl methyl sites for hydroxylation is 1. The van der Waals surface area contributed by atoms with Crippen molar-refractivity contribution in [3.05, 3.63) is 49.1 Å². The molecule has 0 bridgehead atoms. The van der Waals surface area contributed by atoms with Crippen LogP contribution in [0.15, 0.2) is 49.1 Å². The van der Waals surface area contributed by atoms with Crippen molar-refractivity contribution in [1.29, 1.82) is 0 Å². The van der Waals surface area contributed by atoms with Gasteiger partial charge in [0.05, 0.1) is 0 Å². The monoisotopic (exact) mass is 404 g/mol.